The molecule has 13 heavy (non-hydrogen) atoms. The lowest BCUT2D eigenvalue weighted by Gasteiger charge is -2.04. The second-order valence-corrected chi connectivity index (χ2v) is 4.71. The quantitative estimate of drug-likeness (QED) is 0.637. The van der Waals surface area contributed by atoms with Crippen LogP contribution in [-0.4, -0.2) is 4.98 Å². The molecule has 0 amide bonds. The van der Waals surface area contributed by atoms with E-state index in [1.54, 1.807) is 0 Å². The van der Waals surface area contributed by atoms with Gasteiger partial charge < -0.3 is 0 Å². The van der Waals surface area contributed by atoms with Crippen molar-refractivity contribution in [3.05, 3.63) is 20.4 Å². The molecule has 2 heterocycles. The van der Waals surface area contributed by atoms with Gasteiger partial charge in [-0.2, -0.15) is 0 Å². The number of anilines is 1. The highest BCUT2D eigenvalue weighted by Crippen LogP contribution is 2.37. The Morgan fingerprint density at radius 3 is 3.00 bits per heavy atom. The van der Waals surface area contributed by atoms with Crippen molar-refractivity contribution in [1.82, 2.24) is 4.98 Å². The summed E-state index contributed by atoms with van der Waals surface area (Å²) in [6, 6.07) is 1.20. The molecule has 1 N–H and O–H groups in total. The van der Waals surface area contributed by atoms with Crippen LogP contribution in [-0.2, 0) is 0 Å². The van der Waals surface area contributed by atoms with E-state index in [4.69, 9.17) is 11.6 Å². The standard InChI is InChI=1S/C6H3ClF2IN3/c7-3-1-2(5(8)9)4-6(11-3)12-13-10-4/h1,5H,(H,11,12). The molecule has 0 atom stereocenters. The summed E-state index contributed by atoms with van der Waals surface area (Å²) in [6.45, 7) is 0. The van der Waals surface area contributed by atoms with Crippen molar-refractivity contribution in [1.29, 1.82) is 0 Å². The van der Waals surface area contributed by atoms with Crippen molar-refractivity contribution in [3.8, 4) is 0 Å². The van der Waals surface area contributed by atoms with Gasteiger partial charge in [-0.15, -0.1) is 3.25 Å². The fourth-order valence-corrected chi connectivity index (χ4v) is 2.87. The van der Waals surface area contributed by atoms with Gasteiger partial charge in [-0.3, -0.25) is 5.43 Å². The summed E-state index contributed by atoms with van der Waals surface area (Å²) in [5, 5.41) is 0.0719. The van der Waals surface area contributed by atoms with Crippen LogP contribution >= 0.6 is 32.6 Å². The van der Waals surface area contributed by atoms with E-state index in [0.29, 0.717) is 9.39 Å². The van der Waals surface area contributed by atoms with Crippen LogP contribution < -0.4 is 5.43 Å². The van der Waals surface area contributed by atoms with Crippen molar-refractivity contribution in [2.45, 2.75) is 6.43 Å². The molecule has 0 spiro atoms. The summed E-state index contributed by atoms with van der Waals surface area (Å²) < 4.78 is 29.3. The van der Waals surface area contributed by atoms with Crippen LogP contribution in [0.25, 0.3) is 0 Å². The number of alkyl halides is 2. The van der Waals surface area contributed by atoms with E-state index in [0.717, 1.165) is 0 Å². The minimum absolute atomic E-state index is 0.0449. The summed E-state index contributed by atoms with van der Waals surface area (Å²) in [6.07, 6.45) is -2.51. The molecule has 3 nitrogen and oxygen atoms in total. The monoisotopic (exact) mass is 317 g/mol. The van der Waals surface area contributed by atoms with Crippen LogP contribution in [0, 0.1) is 3.57 Å². The third kappa shape index (κ3) is 1.64. The number of aromatic nitrogens is 1. The van der Waals surface area contributed by atoms with E-state index in [9.17, 15) is 8.78 Å². The smallest absolute Gasteiger partial charge is 0.255 e. The number of hydrogen-bond donors (Lipinski definition) is 1. The Hall–Kier alpha value is -0.370. The lowest BCUT2D eigenvalue weighted by atomic mass is 10.3. The summed E-state index contributed by atoms with van der Waals surface area (Å²) >= 11 is 4.83. The van der Waals surface area contributed by atoms with Gasteiger partial charge >= 0.3 is 0 Å². The van der Waals surface area contributed by atoms with Crippen molar-refractivity contribution in [2.75, 3.05) is 5.43 Å². The van der Waals surface area contributed by atoms with Crippen LogP contribution in [0.15, 0.2) is 9.32 Å². The van der Waals surface area contributed by atoms with Crippen molar-refractivity contribution >= 4 is 38.5 Å². The predicted octanol–water partition coefficient (Wildman–Crippen LogP) is 3.34. The molecule has 0 aliphatic carbocycles. The molecular formula is C6H3ClF2IN3. The van der Waals surface area contributed by atoms with Gasteiger partial charge in [-0.25, -0.2) is 13.8 Å². The number of halogens is 4. The summed E-state index contributed by atoms with van der Waals surface area (Å²) in [4.78, 5) is 3.85. The second-order valence-electron chi connectivity index (χ2n) is 2.28. The molecule has 0 bridgehead atoms. The maximum atomic E-state index is 12.5. The number of rotatable bonds is 1. The number of fused-ring (bicyclic) bond motifs is 1. The summed E-state index contributed by atoms with van der Waals surface area (Å²) in [5.41, 5.74) is 2.54. The molecule has 1 aliphatic heterocycles. The highest BCUT2D eigenvalue weighted by Gasteiger charge is 2.20. The molecular weight excluding hydrogens is 314 g/mol. The average molecular weight is 317 g/mol. The lowest BCUT2D eigenvalue weighted by Crippen LogP contribution is -1.96. The Labute approximate surface area is 87.6 Å². The Bertz CT molecular complexity index is 382. The van der Waals surface area contributed by atoms with Gasteiger partial charge in [-0.05, 0) is 6.07 Å². The van der Waals surface area contributed by atoms with Crippen molar-refractivity contribution < 1.29 is 8.78 Å². The predicted molar refractivity (Wildman–Crippen MR) is 53.0 cm³/mol. The van der Waals surface area contributed by atoms with E-state index in [-0.39, 0.29) is 10.7 Å². The molecule has 70 valence electrons. The molecule has 0 radical (unpaired) electrons. The van der Waals surface area contributed by atoms with Gasteiger partial charge in [0.2, 0.25) is 0 Å². The molecule has 1 aliphatic rings. The number of pyridine rings is 1. The van der Waals surface area contributed by atoms with Gasteiger partial charge in [-0.1, -0.05) is 11.6 Å². The SMILES string of the molecule is FC(F)c1cc(Cl)nc2c1I=NN2. The maximum absolute atomic E-state index is 12.5. The molecule has 1 aromatic rings. The van der Waals surface area contributed by atoms with E-state index >= 15 is 0 Å². The Balaban J connectivity index is 2.60. The van der Waals surface area contributed by atoms with Crippen molar-refractivity contribution in [3.63, 3.8) is 0 Å². The van der Waals surface area contributed by atoms with Gasteiger partial charge in [0.05, 0.1) is 24.6 Å². The van der Waals surface area contributed by atoms with Crippen LogP contribution in [0.3, 0.4) is 0 Å². The van der Waals surface area contributed by atoms with Crippen molar-refractivity contribution in [2.24, 2.45) is 3.25 Å². The molecule has 0 aromatic carbocycles. The first kappa shape index (κ1) is 9.20. The van der Waals surface area contributed by atoms with Crippen LogP contribution in [0.2, 0.25) is 5.15 Å². The molecule has 2 rings (SSSR count). The minimum Gasteiger partial charge on any atom is -0.255 e. The Kier molecular flexibility index (Phi) is 2.41. The number of nitrogens with zero attached hydrogens (tertiary/aromatic N) is 2. The van der Waals surface area contributed by atoms with E-state index in [2.05, 4.69) is 13.7 Å². The zero-order valence-corrected chi connectivity index (χ0v) is 8.97. The molecule has 0 unspecified atom stereocenters. The van der Waals surface area contributed by atoms with Crippen LogP contribution in [0.4, 0.5) is 14.6 Å². The Morgan fingerprint density at radius 2 is 2.31 bits per heavy atom. The Morgan fingerprint density at radius 1 is 1.54 bits per heavy atom. The third-order valence-electron chi connectivity index (χ3n) is 1.46. The molecule has 7 heteroatoms. The third-order valence-corrected chi connectivity index (χ3v) is 3.76. The average Bonchev–Trinajstić information content (AvgIpc) is 2.49. The van der Waals surface area contributed by atoms with Gasteiger partial charge in [0.15, 0.2) is 5.82 Å². The summed E-state index contributed by atoms with van der Waals surface area (Å²) in [7, 11) is 0. The molecule has 1 aromatic heterocycles. The fraction of sp³-hybridized carbons (Fsp3) is 0.167. The summed E-state index contributed by atoms with van der Waals surface area (Å²) in [5.74, 6) is 0.385. The molecule has 0 saturated heterocycles. The number of hydrogen-bond acceptors (Lipinski definition) is 3. The number of nitrogens with one attached hydrogen (secondary N) is 1. The van der Waals surface area contributed by atoms with E-state index in [1.807, 2.05) is 0 Å². The van der Waals surface area contributed by atoms with Gasteiger partial charge in [0, 0.05) is 5.56 Å². The highest BCUT2D eigenvalue weighted by atomic mass is 127. The minimum atomic E-state index is -2.51. The molecule has 0 fully saturated rings. The zero-order valence-electron chi connectivity index (χ0n) is 6.06. The first-order chi connectivity index (χ1) is 6.18. The van der Waals surface area contributed by atoms with Gasteiger partial charge in [0.25, 0.3) is 6.43 Å². The normalized spacial score (nSPS) is 13.8. The second kappa shape index (κ2) is 3.41. The maximum Gasteiger partial charge on any atom is 0.265 e. The van der Waals surface area contributed by atoms with Crippen LogP contribution in [0.1, 0.15) is 12.0 Å². The molecule has 0 saturated carbocycles. The highest BCUT2D eigenvalue weighted by molar-refractivity contribution is 14.2. The first-order valence-electron chi connectivity index (χ1n) is 3.27. The van der Waals surface area contributed by atoms with E-state index < -0.39 is 27.5 Å². The fourth-order valence-electron chi connectivity index (χ4n) is 0.942. The van der Waals surface area contributed by atoms with Gasteiger partial charge in [0.1, 0.15) is 5.15 Å². The van der Waals surface area contributed by atoms with Crippen LogP contribution in [0.5, 0.6) is 0 Å². The zero-order chi connectivity index (χ0) is 9.42. The lowest BCUT2D eigenvalue weighted by molar-refractivity contribution is 0.150. The van der Waals surface area contributed by atoms with E-state index in [1.165, 1.54) is 6.07 Å². The topological polar surface area (TPSA) is 37.3 Å². The largest absolute Gasteiger partial charge is 0.265 e. The first-order valence-corrected chi connectivity index (χ1v) is 5.69.